The molecule has 0 aromatic heterocycles. The van der Waals surface area contributed by atoms with Crippen molar-refractivity contribution in [2.24, 2.45) is 0 Å². The molecule has 0 heterocycles. The molecular weight excluding hydrogens is 673 g/mol. The highest BCUT2D eigenvalue weighted by Crippen LogP contribution is 2.60. The predicted octanol–water partition coefficient (Wildman–Crippen LogP) is 16.6. The molecule has 0 saturated heterocycles. The lowest BCUT2D eigenvalue weighted by Gasteiger charge is -2.32. The van der Waals surface area contributed by atoms with Crippen molar-refractivity contribution in [3.05, 3.63) is 119 Å². The van der Waals surface area contributed by atoms with Crippen LogP contribution in [0.1, 0.15) is 105 Å². The van der Waals surface area contributed by atoms with Crippen LogP contribution in [0.5, 0.6) is 0 Å². The zero-order valence-corrected chi connectivity index (χ0v) is 35.2. The Kier molecular flexibility index (Phi) is 6.33. The quantitative estimate of drug-likeness (QED) is 0.146. The molecule has 1 aliphatic rings. The van der Waals surface area contributed by atoms with Crippen LogP contribution in [0.2, 0.25) is 0 Å². The van der Waals surface area contributed by atoms with Gasteiger partial charge in [0.15, 0.2) is 0 Å². The van der Waals surface area contributed by atoms with Gasteiger partial charge in [-0.1, -0.05) is 168 Å². The third kappa shape index (κ3) is 4.16. The van der Waals surface area contributed by atoms with Crippen molar-refractivity contribution in [3.63, 3.8) is 0 Å². The van der Waals surface area contributed by atoms with Crippen LogP contribution < -0.4 is 0 Å². The predicted molar refractivity (Wildman–Crippen MR) is 248 cm³/mol. The van der Waals surface area contributed by atoms with Crippen LogP contribution in [-0.2, 0) is 21.7 Å². The Morgan fingerprint density at radius 2 is 0.661 bits per heavy atom. The Morgan fingerprint density at radius 3 is 1.05 bits per heavy atom. The maximum absolute atomic E-state index is 2.61. The molecule has 0 fully saturated rings. The summed E-state index contributed by atoms with van der Waals surface area (Å²) in [4.78, 5) is 0. The van der Waals surface area contributed by atoms with Crippen LogP contribution >= 0.6 is 0 Å². The third-order valence-electron chi connectivity index (χ3n) is 13.4. The molecule has 0 heteroatoms. The van der Waals surface area contributed by atoms with Crippen molar-refractivity contribution in [2.75, 3.05) is 0 Å². The number of hydrogen-bond acceptors (Lipinski definition) is 0. The first kappa shape index (κ1) is 34.1. The van der Waals surface area contributed by atoms with Crippen molar-refractivity contribution in [1.82, 2.24) is 0 Å². The van der Waals surface area contributed by atoms with E-state index in [-0.39, 0.29) is 21.7 Å². The van der Waals surface area contributed by atoms with Crippen molar-refractivity contribution in [3.8, 4) is 22.3 Å². The Labute approximate surface area is 331 Å². The van der Waals surface area contributed by atoms with E-state index in [9.17, 15) is 0 Å². The molecule has 0 radical (unpaired) electrons. The minimum atomic E-state index is -0.0751. The maximum Gasteiger partial charge on any atom is -0.00137 e. The minimum Gasteiger partial charge on any atom is -0.0616 e. The average Bonchev–Trinajstić information content (AvgIpc) is 3.73. The van der Waals surface area contributed by atoms with E-state index in [2.05, 4.69) is 180 Å². The summed E-state index contributed by atoms with van der Waals surface area (Å²) < 4.78 is 0. The molecule has 0 nitrogen and oxygen atoms in total. The molecule has 11 rings (SSSR count). The molecule has 56 heavy (non-hydrogen) atoms. The number of rotatable bonds is 0. The highest BCUT2D eigenvalue weighted by molar-refractivity contribution is 6.39. The monoisotopic (exact) mass is 724 g/mol. The van der Waals surface area contributed by atoms with Gasteiger partial charge in [-0.2, -0.15) is 0 Å². The Balaban J connectivity index is 1.36. The number of hydrogen-bond donors (Lipinski definition) is 0. The summed E-state index contributed by atoms with van der Waals surface area (Å²) >= 11 is 0. The lowest BCUT2D eigenvalue weighted by molar-refractivity contribution is 0.588. The minimum absolute atomic E-state index is 0.0348. The molecule has 276 valence electrons. The summed E-state index contributed by atoms with van der Waals surface area (Å²) in [5, 5.41) is 22.4. The molecule has 0 bridgehead atoms. The molecule has 10 aromatic rings. The molecule has 0 spiro atoms. The normalized spacial score (nSPS) is 14.1. The van der Waals surface area contributed by atoms with Crippen LogP contribution in [0.4, 0.5) is 0 Å². The van der Waals surface area contributed by atoms with Gasteiger partial charge in [-0.25, -0.2) is 0 Å². The first-order valence-electron chi connectivity index (χ1n) is 20.8. The standard InChI is InChI=1S/C56H52/c1-53(2,3)49-32-19-13-14-20-33(32)50(54(4,5)6)48-37-26-24-31-39-28-41-40(27-38(39)30-23-25-36(47(48)49)44(37)43(30)31)51(55(7,8)9)45-34-21-15-17-29-18-16-22-35(42(29)34)46(45)52(41)56(10,11)12/h13-28H,1-12H3. The molecule has 0 unspecified atom stereocenters. The zero-order chi connectivity index (χ0) is 39.2. The van der Waals surface area contributed by atoms with Crippen LogP contribution in [0, 0.1) is 0 Å². The first-order valence-corrected chi connectivity index (χ1v) is 20.8. The van der Waals surface area contributed by atoms with E-state index in [1.54, 1.807) is 0 Å². The Morgan fingerprint density at radius 1 is 0.268 bits per heavy atom. The van der Waals surface area contributed by atoms with Crippen molar-refractivity contribution >= 4 is 86.2 Å². The second-order valence-corrected chi connectivity index (χ2v) is 21.3. The maximum atomic E-state index is 2.61. The molecular formula is C56H52. The molecule has 0 N–H and O–H groups in total. The molecule has 0 atom stereocenters. The van der Waals surface area contributed by atoms with Gasteiger partial charge < -0.3 is 0 Å². The highest BCUT2D eigenvalue weighted by Gasteiger charge is 2.38. The fourth-order valence-corrected chi connectivity index (χ4v) is 11.7. The molecule has 0 amide bonds. The summed E-state index contributed by atoms with van der Waals surface area (Å²) in [6.07, 6.45) is 0. The van der Waals surface area contributed by atoms with E-state index < -0.39 is 0 Å². The highest BCUT2D eigenvalue weighted by atomic mass is 14.4. The van der Waals surface area contributed by atoms with Gasteiger partial charge in [0.2, 0.25) is 0 Å². The fourth-order valence-electron chi connectivity index (χ4n) is 11.7. The smallest absolute Gasteiger partial charge is 0.00137 e. The van der Waals surface area contributed by atoms with Gasteiger partial charge >= 0.3 is 0 Å². The van der Waals surface area contributed by atoms with Gasteiger partial charge in [0.05, 0.1) is 0 Å². The van der Waals surface area contributed by atoms with Gasteiger partial charge in [-0.15, -0.1) is 0 Å². The van der Waals surface area contributed by atoms with E-state index in [0.717, 1.165) is 0 Å². The second-order valence-electron chi connectivity index (χ2n) is 21.3. The molecule has 0 saturated carbocycles. The summed E-state index contributed by atoms with van der Waals surface area (Å²) in [6.45, 7) is 29.0. The SMILES string of the molecule is CC(C)(C)c1c2c(c(C(C)(C)C)c3ccccc13)-c1ccc3c4cc5c(C(C)(C)C)c6c7cccc8cccc(c6c(C(C)(C)C)c5cc4c4ccc-2c1c43)c87. The van der Waals surface area contributed by atoms with Gasteiger partial charge in [0.25, 0.3) is 0 Å². The van der Waals surface area contributed by atoms with Crippen molar-refractivity contribution in [2.45, 2.75) is 105 Å². The second kappa shape index (κ2) is 10.4. The van der Waals surface area contributed by atoms with E-state index in [0.29, 0.717) is 0 Å². The van der Waals surface area contributed by atoms with Crippen molar-refractivity contribution in [1.29, 1.82) is 0 Å². The molecule has 10 aromatic carbocycles. The average molecular weight is 725 g/mol. The Bertz CT molecular complexity index is 3140. The fraction of sp³-hybridized carbons (Fsp3) is 0.286. The first-order chi connectivity index (χ1) is 26.4. The van der Waals surface area contributed by atoms with E-state index in [1.165, 1.54) is 131 Å². The van der Waals surface area contributed by atoms with Gasteiger partial charge in [0, 0.05) is 0 Å². The van der Waals surface area contributed by atoms with Gasteiger partial charge in [-0.05, 0) is 164 Å². The summed E-state index contributed by atoms with van der Waals surface area (Å²) in [5.41, 5.74) is 11.4. The number of fused-ring (bicyclic) bond motifs is 11. The molecule has 0 aliphatic heterocycles. The van der Waals surface area contributed by atoms with Crippen LogP contribution in [0.25, 0.3) is 108 Å². The van der Waals surface area contributed by atoms with E-state index in [4.69, 9.17) is 0 Å². The topological polar surface area (TPSA) is 0 Å². The van der Waals surface area contributed by atoms with E-state index in [1.807, 2.05) is 0 Å². The van der Waals surface area contributed by atoms with E-state index >= 15 is 0 Å². The van der Waals surface area contributed by atoms with Crippen LogP contribution in [0.3, 0.4) is 0 Å². The largest absolute Gasteiger partial charge is 0.0616 e. The summed E-state index contributed by atoms with van der Waals surface area (Å²) in [6, 6.07) is 38.2. The zero-order valence-electron chi connectivity index (χ0n) is 35.2. The van der Waals surface area contributed by atoms with Gasteiger partial charge in [0.1, 0.15) is 0 Å². The van der Waals surface area contributed by atoms with Gasteiger partial charge in [-0.3, -0.25) is 0 Å². The number of benzene rings is 8. The van der Waals surface area contributed by atoms with Crippen LogP contribution in [0.15, 0.2) is 97.1 Å². The van der Waals surface area contributed by atoms with Crippen LogP contribution in [-0.4, -0.2) is 0 Å². The summed E-state index contributed by atoms with van der Waals surface area (Å²) in [5.74, 6) is 0. The third-order valence-corrected chi connectivity index (χ3v) is 13.4. The summed E-state index contributed by atoms with van der Waals surface area (Å²) in [7, 11) is 0. The lowest BCUT2D eigenvalue weighted by Crippen LogP contribution is -2.18. The van der Waals surface area contributed by atoms with Crippen molar-refractivity contribution < 1.29 is 0 Å². The lowest BCUT2D eigenvalue weighted by atomic mass is 9.72. The Hall–Kier alpha value is -5.20. The molecule has 1 aliphatic carbocycles.